The van der Waals surface area contributed by atoms with E-state index in [-0.39, 0.29) is 18.3 Å². The molecule has 1 fully saturated rings. The van der Waals surface area contributed by atoms with Crippen LogP contribution in [0, 0.1) is 5.82 Å². The van der Waals surface area contributed by atoms with Gasteiger partial charge < -0.3 is 15.2 Å². The molecular formula is C18H25FN2O3. The molecule has 1 aromatic rings. The average molecular weight is 336 g/mol. The van der Waals surface area contributed by atoms with Crippen molar-refractivity contribution in [2.75, 3.05) is 39.4 Å². The summed E-state index contributed by atoms with van der Waals surface area (Å²) in [7, 11) is 0. The van der Waals surface area contributed by atoms with E-state index in [4.69, 9.17) is 4.74 Å². The molecule has 2 N–H and O–H groups in total. The minimum Gasteiger partial charge on any atom is -0.387 e. The Labute approximate surface area is 142 Å². The van der Waals surface area contributed by atoms with Gasteiger partial charge in [0.1, 0.15) is 5.82 Å². The van der Waals surface area contributed by atoms with Crippen LogP contribution in [0.3, 0.4) is 0 Å². The zero-order valence-corrected chi connectivity index (χ0v) is 14.2. The third-order valence-corrected chi connectivity index (χ3v) is 3.96. The lowest BCUT2D eigenvalue weighted by Crippen LogP contribution is -2.51. The van der Waals surface area contributed by atoms with Crippen molar-refractivity contribution in [1.29, 1.82) is 0 Å². The number of benzene rings is 1. The van der Waals surface area contributed by atoms with Gasteiger partial charge in [0.15, 0.2) is 0 Å². The first kappa shape index (κ1) is 18.6. The molecule has 1 heterocycles. The quantitative estimate of drug-likeness (QED) is 0.772. The van der Waals surface area contributed by atoms with E-state index in [2.05, 4.69) is 10.2 Å². The Morgan fingerprint density at radius 2 is 2.00 bits per heavy atom. The standard InChI is InChI=1S/C18H25FN2O3/c1-14(15-3-5-16(19)6-4-15)11-17(22)20-12-18(2,23)13-21-7-9-24-10-8-21/h3-6,11,23H,7-10,12-13H2,1-2H3,(H,20,22)/b14-11-. The molecule has 2 rings (SSSR count). The highest BCUT2D eigenvalue weighted by Crippen LogP contribution is 2.14. The van der Waals surface area contributed by atoms with Crippen LogP contribution in [0.5, 0.6) is 0 Å². The predicted molar refractivity (Wildman–Crippen MR) is 90.9 cm³/mol. The second-order valence-corrected chi connectivity index (χ2v) is 6.44. The first-order chi connectivity index (χ1) is 11.4. The number of amides is 1. The van der Waals surface area contributed by atoms with Crippen molar-refractivity contribution in [3.63, 3.8) is 0 Å². The van der Waals surface area contributed by atoms with E-state index < -0.39 is 5.60 Å². The Morgan fingerprint density at radius 3 is 2.62 bits per heavy atom. The number of halogens is 1. The van der Waals surface area contributed by atoms with E-state index >= 15 is 0 Å². The van der Waals surface area contributed by atoms with Gasteiger partial charge in [0.2, 0.25) is 5.91 Å². The van der Waals surface area contributed by atoms with E-state index in [0.29, 0.717) is 19.8 Å². The largest absolute Gasteiger partial charge is 0.387 e. The molecule has 1 unspecified atom stereocenters. The highest BCUT2D eigenvalue weighted by molar-refractivity contribution is 5.94. The minimum atomic E-state index is -1.01. The fourth-order valence-corrected chi connectivity index (χ4v) is 2.62. The summed E-state index contributed by atoms with van der Waals surface area (Å²) >= 11 is 0. The number of rotatable bonds is 6. The number of carbonyl (C=O) groups excluding carboxylic acids is 1. The number of allylic oxidation sites excluding steroid dienone is 1. The number of ether oxygens (including phenoxy) is 1. The van der Waals surface area contributed by atoms with Crippen LogP contribution in [0.1, 0.15) is 19.4 Å². The number of hydrogen-bond donors (Lipinski definition) is 2. The second kappa shape index (κ2) is 8.37. The van der Waals surface area contributed by atoms with Crippen LogP contribution in [0.15, 0.2) is 30.3 Å². The summed E-state index contributed by atoms with van der Waals surface area (Å²) in [6.45, 7) is 7.05. The lowest BCUT2D eigenvalue weighted by Gasteiger charge is -2.33. The molecule has 24 heavy (non-hydrogen) atoms. The maximum atomic E-state index is 12.9. The molecule has 1 saturated heterocycles. The van der Waals surface area contributed by atoms with Crippen LogP contribution < -0.4 is 5.32 Å². The number of β-amino-alcohol motifs (C(OH)–C–C–N with tert-alkyl or cyclic N) is 1. The third kappa shape index (κ3) is 6.03. The first-order valence-corrected chi connectivity index (χ1v) is 8.10. The predicted octanol–water partition coefficient (Wildman–Crippen LogP) is 1.43. The summed E-state index contributed by atoms with van der Waals surface area (Å²) in [6.07, 6.45) is 1.46. The molecule has 0 aliphatic carbocycles. The summed E-state index contributed by atoms with van der Waals surface area (Å²) in [5.74, 6) is -0.589. The smallest absolute Gasteiger partial charge is 0.244 e. The Bertz CT molecular complexity index is 578. The highest BCUT2D eigenvalue weighted by Gasteiger charge is 2.25. The summed E-state index contributed by atoms with van der Waals surface area (Å²) in [4.78, 5) is 14.1. The van der Waals surface area contributed by atoms with Crippen LogP contribution in [0.4, 0.5) is 4.39 Å². The van der Waals surface area contributed by atoms with Crippen LogP contribution >= 0.6 is 0 Å². The molecule has 1 aliphatic rings. The molecule has 1 atom stereocenters. The monoisotopic (exact) mass is 336 g/mol. The Balaban J connectivity index is 1.84. The maximum absolute atomic E-state index is 12.9. The van der Waals surface area contributed by atoms with Gasteiger partial charge in [-0.3, -0.25) is 9.69 Å². The molecule has 1 aliphatic heterocycles. The zero-order valence-electron chi connectivity index (χ0n) is 14.2. The van der Waals surface area contributed by atoms with Crippen molar-refractivity contribution in [3.8, 4) is 0 Å². The topological polar surface area (TPSA) is 61.8 Å². The van der Waals surface area contributed by atoms with E-state index in [1.807, 2.05) is 0 Å². The number of nitrogens with zero attached hydrogens (tertiary/aromatic N) is 1. The van der Waals surface area contributed by atoms with E-state index in [1.165, 1.54) is 18.2 Å². The molecule has 132 valence electrons. The third-order valence-electron chi connectivity index (χ3n) is 3.96. The van der Waals surface area contributed by atoms with E-state index in [0.717, 1.165) is 24.2 Å². The molecule has 1 amide bonds. The molecular weight excluding hydrogens is 311 g/mol. The number of aliphatic hydroxyl groups is 1. The van der Waals surface area contributed by atoms with Crippen LogP contribution in [0.25, 0.3) is 5.57 Å². The summed E-state index contributed by atoms with van der Waals surface area (Å²) in [5.41, 5.74) is 0.511. The number of morpholine rings is 1. The number of hydrogen-bond acceptors (Lipinski definition) is 4. The molecule has 0 aromatic heterocycles. The van der Waals surface area contributed by atoms with Gasteiger partial charge in [-0.2, -0.15) is 0 Å². The van der Waals surface area contributed by atoms with E-state index in [1.54, 1.807) is 26.0 Å². The first-order valence-electron chi connectivity index (χ1n) is 8.10. The van der Waals surface area contributed by atoms with Crippen LogP contribution in [-0.4, -0.2) is 60.9 Å². The van der Waals surface area contributed by atoms with Crippen molar-refractivity contribution >= 4 is 11.5 Å². The molecule has 0 spiro atoms. The average Bonchev–Trinajstić information content (AvgIpc) is 2.54. The SMILES string of the molecule is C/C(=C/C(=O)NCC(C)(O)CN1CCOCC1)c1ccc(F)cc1. The van der Waals surface area contributed by atoms with Crippen molar-refractivity contribution in [2.24, 2.45) is 0 Å². The minimum absolute atomic E-state index is 0.163. The van der Waals surface area contributed by atoms with Crippen molar-refractivity contribution in [3.05, 3.63) is 41.7 Å². The van der Waals surface area contributed by atoms with Gasteiger partial charge in [-0.05, 0) is 37.1 Å². The van der Waals surface area contributed by atoms with Crippen LogP contribution in [0.2, 0.25) is 0 Å². The molecule has 6 heteroatoms. The van der Waals surface area contributed by atoms with Gasteiger partial charge in [0.05, 0.1) is 18.8 Å². The fourth-order valence-electron chi connectivity index (χ4n) is 2.62. The van der Waals surface area contributed by atoms with Crippen molar-refractivity contribution in [1.82, 2.24) is 10.2 Å². The lowest BCUT2D eigenvalue weighted by atomic mass is 10.1. The molecule has 0 bridgehead atoms. The normalized spacial score (nSPS) is 18.9. The molecule has 0 saturated carbocycles. The van der Waals surface area contributed by atoms with Gasteiger partial charge in [0.25, 0.3) is 0 Å². The summed E-state index contributed by atoms with van der Waals surface area (Å²) in [6, 6.07) is 5.97. The van der Waals surface area contributed by atoms with Gasteiger partial charge in [-0.25, -0.2) is 4.39 Å². The van der Waals surface area contributed by atoms with Gasteiger partial charge in [-0.1, -0.05) is 12.1 Å². The molecule has 5 nitrogen and oxygen atoms in total. The Hall–Kier alpha value is -1.76. The summed E-state index contributed by atoms with van der Waals surface area (Å²) in [5, 5.41) is 13.2. The lowest BCUT2D eigenvalue weighted by molar-refractivity contribution is -0.117. The van der Waals surface area contributed by atoms with Crippen LogP contribution in [-0.2, 0) is 9.53 Å². The number of carbonyl (C=O) groups is 1. The summed E-state index contributed by atoms with van der Waals surface area (Å²) < 4.78 is 18.2. The number of nitrogens with one attached hydrogen (secondary N) is 1. The Kier molecular flexibility index (Phi) is 6.48. The van der Waals surface area contributed by atoms with Gasteiger partial charge in [-0.15, -0.1) is 0 Å². The maximum Gasteiger partial charge on any atom is 0.244 e. The van der Waals surface area contributed by atoms with E-state index in [9.17, 15) is 14.3 Å². The highest BCUT2D eigenvalue weighted by atomic mass is 19.1. The zero-order chi connectivity index (χ0) is 17.6. The van der Waals surface area contributed by atoms with Crippen molar-refractivity contribution in [2.45, 2.75) is 19.4 Å². The molecule has 1 aromatic carbocycles. The second-order valence-electron chi connectivity index (χ2n) is 6.44. The fraction of sp³-hybridized carbons (Fsp3) is 0.500. The van der Waals surface area contributed by atoms with Gasteiger partial charge >= 0.3 is 0 Å². The van der Waals surface area contributed by atoms with Gasteiger partial charge in [0, 0.05) is 32.3 Å². The molecule has 0 radical (unpaired) electrons. The Morgan fingerprint density at radius 1 is 1.38 bits per heavy atom. The van der Waals surface area contributed by atoms with Crippen molar-refractivity contribution < 1.29 is 19.0 Å².